The average molecular weight is 240 g/mol. The van der Waals surface area contributed by atoms with Crippen molar-refractivity contribution in [2.24, 2.45) is 5.92 Å². The Morgan fingerprint density at radius 2 is 2.47 bits per heavy atom. The summed E-state index contributed by atoms with van der Waals surface area (Å²) in [6.07, 6.45) is 1.93. The van der Waals surface area contributed by atoms with Gasteiger partial charge < -0.3 is 14.0 Å². The summed E-state index contributed by atoms with van der Waals surface area (Å²) in [5.74, 6) is 1.42. The van der Waals surface area contributed by atoms with Crippen molar-refractivity contribution in [1.29, 1.82) is 0 Å². The maximum Gasteiger partial charge on any atom is 0.234 e. The van der Waals surface area contributed by atoms with Crippen molar-refractivity contribution in [2.45, 2.75) is 19.3 Å². The van der Waals surface area contributed by atoms with E-state index in [0.29, 0.717) is 17.6 Å². The Bertz CT molecular complexity index is 371. The van der Waals surface area contributed by atoms with E-state index >= 15 is 0 Å². The molecule has 1 fully saturated rings. The molecule has 0 radical (unpaired) electrons. The van der Waals surface area contributed by atoms with Gasteiger partial charge in [-0.15, -0.1) is 0 Å². The number of hydrogen-bond acceptors (Lipinski definition) is 6. The molecule has 2 rings (SSSR count). The first-order chi connectivity index (χ1) is 8.28. The number of carbonyl (C=O) groups is 1. The number of carbonyl (C=O) groups excluding carboxylic acids is 1. The summed E-state index contributed by atoms with van der Waals surface area (Å²) < 4.78 is 15.0. The van der Waals surface area contributed by atoms with Crippen LogP contribution in [0.3, 0.4) is 0 Å². The molecule has 1 unspecified atom stereocenters. The third-order valence-electron chi connectivity index (χ3n) is 2.66. The fourth-order valence-corrected chi connectivity index (χ4v) is 1.83. The molecule has 1 aliphatic rings. The first-order valence-corrected chi connectivity index (χ1v) is 5.67. The topological polar surface area (TPSA) is 74.5 Å². The fourth-order valence-electron chi connectivity index (χ4n) is 1.83. The van der Waals surface area contributed by atoms with Crippen molar-refractivity contribution in [3.63, 3.8) is 0 Å². The molecule has 0 N–H and O–H groups in total. The molecule has 1 aliphatic heterocycles. The zero-order valence-corrected chi connectivity index (χ0v) is 9.85. The van der Waals surface area contributed by atoms with E-state index < -0.39 is 0 Å². The van der Waals surface area contributed by atoms with Crippen LogP contribution in [0.25, 0.3) is 0 Å². The van der Waals surface area contributed by atoms with E-state index in [0.717, 1.165) is 26.1 Å². The average Bonchev–Trinajstić information content (AvgIpc) is 2.91. The summed E-state index contributed by atoms with van der Waals surface area (Å²) >= 11 is 0. The number of ketones is 1. The highest BCUT2D eigenvalue weighted by Crippen LogP contribution is 2.16. The predicted octanol–water partition coefficient (Wildman–Crippen LogP) is 0.407. The predicted molar refractivity (Wildman–Crippen MR) is 57.5 cm³/mol. The van der Waals surface area contributed by atoms with Crippen LogP contribution in [0.1, 0.15) is 18.1 Å². The van der Waals surface area contributed by atoms with Gasteiger partial charge in [-0.1, -0.05) is 5.16 Å². The first-order valence-electron chi connectivity index (χ1n) is 5.67. The van der Waals surface area contributed by atoms with Gasteiger partial charge in [0, 0.05) is 26.7 Å². The monoisotopic (exact) mass is 240 g/mol. The van der Waals surface area contributed by atoms with Crippen LogP contribution in [0.15, 0.2) is 4.52 Å². The highest BCUT2D eigenvalue weighted by molar-refractivity contribution is 5.81. The third-order valence-corrected chi connectivity index (χ3v) is 2.66. The van der Waals surface area contributed by atoms with Crippen LogP contribution >= 0.6 is 0 Å². The zero-order chi connectivity index (χ0) is 12.1. The van der Waals surface area contributed by atoms with Gasteiger partial charge in [-0.25, -0.2) is 0 Å². The van der Waals surface area contributed by atoms with Crippen molar-refractivity contribution in [3.8, 4) is 0 Å². The first kappa shape index (κ1) is 12.2. The number of ether oxygens (including phenoxy) is 2. The van der Waals surface area contributed by atoms with Crippen LogP contribution in [0.2, 0.25) is 0 Å². The molecular weight excluding hydrogens is 224 g/mol. The van der Waals surface area contributed by atoms with Gasteiger partial charge in [0.15, 0.2) is 11.6 Å². The molecule has 0 spiro atoms. The molecule has 1 saturated heterocycles. The Balaban J connectivity index is 1.84. The lowest BCUT2D eigenvalue weighted by molar-refractivity contribution is -0.122. The highest BCUT2D eigenvalue weighted by atomic mass is 16.5. The van der Waals surface area contributed by atoms with Crippen LogP contribution < -0.4 is 0 Å². The second-order valence-corrected chi connectivity index (χ2v) is 4.19. The number of methoxy groups -OCH3 is 1. The normalized spacial score (nSPS) is 19.7. The van der Waals surface area contributed by atoms with Gasteiger partial charge >= 0.3 is 0 Å². The van der Waals surface area contributed by atoms with Crippen LogP contribution in [0, 0.1) is 5.92 Å². The summed E-state index contributed by atoms with van der Waals surface area (Å²) in [4.78, 5) is 15.5. The lowest BCUT2D eigenvalue weighted by Crippen LogP contribution is -2.10. The molecule has 2 heterocycles. The molecule has 0 bridgehead atoms. The van der Waals surface area contributed by atoms with E-state index in [4.69, 9.17) is 14.0 Å². The van der Waals surface area contributed by atoms with Gasteiger partial charge in [-0.2, -0.15) is 4.98 Å². The molecule has 0 amide bonds. The van der Waals surface area contributed by atoms with Crippen molar-refractivity contribution >= 4 is 5.78 Å². The lowest BCUT2D eigenvalue weighted by atomic mass is 10.1. The molecule has 94 valence electrons. The van der Waals surface area contributed by atoms with Crippen LogP contribution in [0.4, 0.5) is 0 Å². The van der Waals surface area contributed by atoms with Crippen molar-refractivity contribution in [3.05, 3.63) is 11.7 Å². The van der Waals surface area contributed by atoms with E-state index in [-0.39, 0.29) is 18.8 Å². The van der Waals surface area contributed by atoms with Crippen molar-refractivity contribution in [1.82, 2.24) is 10.1 Å². The number of Topliss-reactive ketones (excluding diaryl/α,β-unsaturated/α-hetero) is 1. The van der Waals surface area contributed by atoms with E-state index in [9.17, 15) is 4.79 Å². The van der Waals surface area contributed by atoms with E-state index in [1.807, 2.05) is 0 Å². The van der Waals surface area contributed by atoms with Crippen molar-refractivity contribution < 1.29 is 18.8 Å². The molecule has 1 aromatic rings. The van der Waals surface area contributed by atoms with Gasteiger partial charge in [0.2, 0.25) is 5.89 Å². The Hall–Kier alpha value is -1.27. The molecule has 0 saturated carbocycles. The van der Waals surface area contributed by atoms with Gasteiger partial charge in [0.25, 0.3) is 0 Å². The summed E-state index contributed by atoms with van der Waals surface area (Å²) in [5.41, 5.74) is 0. The summed E-state index contributed by atoms with van der Waals surface area (Å²) in [7, 11) is 1.48. The minimum absolute atomic E-state index is 0.0631. The molecule has 6 nitrogen and oxygen atoms in total. The molecule has 1 aromatic heterocycles. The number of rotatable bonds is 6. The SMILES string of the molecule is COCC(=O)Cc1nc(CC2CCOC2)no1. The van der Waals surface area contributed by atoms with Gasteiger partial charge in [0.1, 0.15) is 6.61 Å². The largest absolute Gasteiger partial charge is 0.381 e. The molecule has 1 atom stereocenters. The molecule has 6 heteroatoms. The fraction of sp³-hybridized carbons (Fsp3) is 0.727. The molecule has 0 aliphatic carbocycles. The summed E-state index contributed by atoms with van der Waals surface area (Å²) in [6.45, 7) is 1.64. The molecule has 17 heavy (non-hydrogen) atoms. The van der Waals surface area contributed by atoms with E-state index in [1.165, 1.54) is 7.11 Å². The third kappa shape index (κ3) is 3.61. The molecular formula is C11H16N2O4. The summed E-state index contributed by atoms with van der Waals surface area (Å²) in [6, 6.07) is 0. The lowest BCUT2D eigenvalue weighted by Gasteiger charge is -2.00. The second kappa shape index (κ2) is 5.88. The van der Waals surface area contributed by atoms with Crippen LogP contribution in [0.5, 0.6) is 0 Å². The van der Waals surface area contributed by atoms with Crippen LogP contribution in [-0.4, -0.2) is 42.9 Å². The maximum atomic E-state index is 11.3. The number of nitrogens with zero attached hydrogens (tertiary/aromatic N) is 2. The number of aromatic nitrogens is 2. The minimum atomic E-state index is -0.0631. The van der Waals surface area contributed by atoms with E-state index in [1.54, 1.807) is 0 Å². The minimum Gasteiger partial charge on any atom is -0.381 e. The van der Waals surface area contributed by atoms with Gasteiger partial charge in [-0.3, -0.25) is 4.79 Å². The van der Waals surface area contributed by atoms with Crippen LogP contribution in [-0.2, 0) is 27.1 Å². The smallest absolute Gasteiger partial charge is 0.234 e. The quantitative estimate of drug-likeness (QED) is 0.716. The second-order valence-electron chi connectivity index (χ2n) is 4.19. The Labute approximate surface area is 99.3 Å². The van der Waals surface area contributed by atoms with Gasteiger partial charge in [-0.05, 0) is 12.3 Å². The Morgan fingerprint density at radius 3 is 3.18 bits per heavy atom. The van der Waals surface area contributed by atoms with E-state index in [2.05, 4.69) is 10.1 Å². The maximum absolute atomic E-state index is 11.3. The van der Waals surface area contributed by atoms with Gasteiger partial charge in [0.05, 0.1) is 6.42 Å². The summed E-state index contributed by atoms with van der Waals surface area (Å²) in [5, 5.41) is 3.86. The molecule has 0 aromatic carbocycles. The Morgan fingerprint density at radius 1 is 1.59 bits per heavy atom. The Kier molecular flexibility index (Phi) is 4.22. The zero-order valence-electron chi connectivity index (χ0n) is 9.85. The number of hydrogen-bond donors (Lipinski definition) is 0. The van der Waals surface area contributed by atoms with Crippen molar-refractivity contribution in [2.75, 3.05) is 26.9 Å². The highest BCUT2D eigenvalue weighted by Gasteiger charge is 2.19. The standard InChI is InChI=1S/C11H16N2O4/c1-15-7-9(14)5-11-12-10(13-17-11)4-8-2-3-16-6-8/h8H,2-7H2,1H3.